The zero-order chi connectivity index (χ0) is 20.8. The molecule has 0 fully saturated rings. The van der Waals surface area contributed by atoms with E-state index in [1.165, 1.54) is 22.8 Å². The molecule has 1 aliphatic heterocycles. The molecule has 0 radical (unpaired) electrons. The normalized spacial score (nSPS) is 15.3. The van der Waals surface area contributed by atoms with Crippen molar-refractivity contribution in [3.63, 3.8) is 0 Å². The molecule has 2 aromatic carbocycles. The molecule has 8 nitrogen and oxygen atoms in total. The van der Waals surface area contributed by atoms with Crippen LogP contribution in [-0.2, 0) is 12.6 Å². The van der Waals surface area contributed by atoms with Gasteiger partial charge in [0.15, 0.2) is 5.82 Å². The Labute approximate surface area is 160 Å². The Bertz CT molecular complexity index is 1150. The fourth-order valence-corrected chi connectivity index (χ4v) is 3.23. The molecule has 29 heavy (non-hydrogen) atoms. The molecule has 0 saturated carbocycles. The molecule has 1 aliphatic rings. The molecule has 1 amide bonds. The number of alkyl halides is 3. The first-order valence-corrected chi connectivity index (χ1v) is 8.37. The number of aromatic nitrogens is 3. The van der Waals surface area contributed by atoms with Crippen LogP contribution in [0.2, 0.25) is 0 Å². The van der Waals surface area contributed by atoms with Crippen molar-refractivity contribution in [2.24, 2.45) is 0 Å². The van der Waals surface area contributed by atoms with Gasteiger partial charge in [0.25, 0.3) is 0 Å². The molecule has 11 heteroatoms. The standard InChI is InChI=1S/C18H13F3N4O4/c19-18(20,21)10-2-1-3-11(8-10)29-12-4-5-14-9(6-12)7-13(22-17(27)28)15-23-24-16(26)25(14)15/h1-6,8,13,22H,7H2,(H,24,26)(H,27,28). The van der Waals surface area contributed by atoms with Crippen LogP contribution in [0.15, 0.2) is 47.3 Å². The van der Waals surface area contributed by atoms with Gasteiger partial charge in [-0.05, 0) is 42.0 Å². The van der Waals surface area contributed by atoms with Gasteiger partial charge in [-0.25, -0.2) is 19.3 Å². The van der Waals surface area contributed by atoms with Crippen molar-refractivity contribution in [1.82, 2.24) is 20.1 Å². The molecule has 0 bridgehead atoms. The number of fused-ring (bicyclic) bond motifs is 3. The number of hydrogen-bond donors (Lipinski definition) is 3. The number of hydrogen-bond acceptors (Lipinski definition) is 4. The number of carbonyl (C=O) groups is 1. The summed E-state index contributed by atoms with van der Waals surface area (Å²) < 4.78 is 45.4. The quantitative estimate of drug-likeness (QED) is 0.619. The highest BCUT2D eigenvalue weighted by atomic mass is 19.4. The number of H-pyrrole nitrogens is 1. The van der Waals surface area contributed by atoms with Crippen molar-refractivity contribution < 1.29 is 27.8 Å². The molecule has 4 rings (SSSR count). The van der Waals surface area contributed by atoms with E-state index in [0.717, 1.165) is 12.1 Å². The van der Waals surface area contributed by atoms with Gasteiger partial charge in [-0.3, -0.25) is 0 Å². The van der Waals surface area contributed by atoms with Crippen LogP contribution in [0.3, 0.4) is 0 Å². The highest BCUT2D eigenvalue weighted by molar-refractivity contribution is 5.65. The molecule has 1 unspecified atom stereocenters. The van der Waals surface area contributed by atoms with E-state index < -0.39 is 29.6 Å². The number of benzene rings is 2. The Morgan fingerprint density at radius 2 is 2.00 bits per heavy atom. The van der Waals surface area contributed by atoms with E-state index >= 15 is 0 Å². The first-order chi connectivity index (χ1) is 13.7. The van der Waals surface area contributed by atoms with E-state index in [1.807, 2.05) is 0 Å². The van der Waals surface area contributed by atoms with Crippen LogP contribution in [0.5, 0.6) is 11.5 Å². The van der Waals surface area contributed by atoms with E-state index in [0.29, 0.717) is 11.3 Å². The topological polar surface area (TPSA) is 109 Å². The van der Waals surface area contributed by atoms with Crippen molar-refractivity contribution >= 4 is 6.09 Å². The van der Waals surface area contributed by atoms with Crippen LogP contribution in [0, 0.1) is 0 Å². The van der Waals surface area contributed by atoms with E-state index in [1.54, 1.807) is 12.1 Å². The molecular formula is C18H13F3N4O4. The Kier molecular flexibility index (Phi) is 4.29. The van der Waals surface area contributed by atoms with Gasteiger partial charge < -0.3 is 15.2 Å². The molecule has 0 saturated heterocycles. The highest BCUT2D eigenvalue weighted by Gasteiger charge is 2.31. The first-order valence-electron chi connectivity index (χ1n) is 8.37. The number of amides is 1. The molecule has 1 atom stereocenters. The predicted molar refractivity (Wildman–Crippen MR) is 93.3 cm³/mol. The van der Waals surface area contributed by atoms with Gasteiger partial charge in [0.1, 0.15) is 11.5 Å². The Hall–Kier alpha value is -3.76. The van der Waals surface area contributed by atoms with Crippen LogP contribution in [0.1, 0.15) is 23.0 Å². The maximum Gasteiger partial charge on any atom is 0.416 e. The molecule has 3 N–H and O–H groups in total. The lowest BCUT2D eigenvalue weighted by molar-refractivity contribution is -0.137. The largest absolute Gasteiger partial charge is 0.465 e. The monoisotopic (exact) mass is 406 g/mol. The number of ether oxygens (including phenoxy) is 1. The molecule has 2 heterocycles. The van der Waals surface area contributed by atoms with Gasteiger partial charge in [0.05, 0.1) is 17.3 Å². The minimum absolute atomic E-state index is 0.00281. The molecule has 1 aromatic heterocycles. The Morgan fingerprint density at radius 1 is 1.24 bits per heavy atom. The summed E-state index contributed by atoms with van der Waals surface area (Å²) in [6, 6.07) is 8.30. The second kappa shape index (κ2) is 6.69. The van der Waals surface area contributed by atoms with Crippen molar-refractivity contribution in [2.75, 3.05) is 0 Å². The van der Waals surface area contributed by atoms with E-state index in [-0.39, 0.29) is 23.7 Å². The summed E-state index contributed by atoms with van der Waals surface area (Å²) in [7, 11) is 0. The van der Waals surface area contributed by atoms with Gasteiger partial charge in [-0.2, -0.15) is 18.3 Å². The van der Waals surface area contributed by atoms with Crippen molar-refractivity contribution in [3.8, 4) is 17.2 Å². The average molecular weight is 406 g/mol. The molecule has 0 aliphatic carbocycles. The maximum absolute atomic E-state index is 12.9. The maximum atomic E-state index is 12.9. The fraction of sp³-hybridized carbons (Fsp3) is 0.167. The van der Waals surface area contributed by atoms with E-state index in [2.05, 4.69) is 15.5 Å². The minimum Gasteiger partial charge on any atom is -0.465 e. The lowest BCUT2D eigenvalue weighted by atomic mass is 9.99. The summed E-state index contributed by atoms with van der Waals surface area (Å²) in [6.45, 7) is 0. The number of carboxylic acid groups (broad SMARTS) is 1. The van der Waals surface area contributed by atoms with Crippen molar-refractivity contribution in [1.29, 1.82) is 0 Å². The fourth-order valence-electron chi connectivity index (χ4n) is 3.23. The molecule has 150 valence electrons. The van der Waals surface area contributed by atoms with Gasteiger partial charge in [-0.1, -0.05) is 6.07 Å². The summed E-state index contributed by atoms with van der Waals surface area (Å²) in [5.74, 6) is 0.463. The van der Waals surface area contributed by atoms with Gasteiger partial charge in [-0.15, -0.1) is 0 Å². The lowest BCUT2D eigenvalue weighted by Gasteiger charge is -2.25. The third-order valence-corrected chi connectivity index (χ3v) is 4.42. The highest BCUT2D eigenvalue weighted by Crippen LogP contribution is 2.35. The van der Waals surface area contributed by atoms with E-state index in [9.17, 15) is 22.8 Å². The van der Waals surface area contributed by atoms with Gasteiger partial charge in [0.2, 0.25) is 0 Å². The minimum atomic E-state index is -4.50. The van der Waals surface area contributed by atoms with Crippen LogP contribution >= 0.6 is 0 Å². The Balaban J connectivity index is 1.69. The summed E-state index contributed by atoms with van der Waals surface area (Å²) in [5, 5.41) is 17.5. The second-order valence-electron chi connectivity index (χ2n) is 6.35. The van der Waals surface area contributed by atoms with Crippen LogP contribution in [0.4, 0.5) is 18.0 Å². The summed E-state index contributed by atoms with van der Waals surface area (Å²) in [5.41, 5.74) is -0.319. The third kappa shape index (κ3) is 3.53. The molecular weight excluding hydrogens is 393 g/mol. The summed E-state index contributed by atoms with van der Waals surface area (Å²) in [4.78, 5) is 23.2. The number of nitrogens with zero attached hydrogens (tertiary/aromatic N) is 2. The number of nitrogens with one attached hydrogen (secondary N) is 2. The zero-order valence-corrected chi connectivity index (χ0v) is 14.5. The zero-order valence-electron chi connectivity index (χ0n) is 14.5. The third-order valence-electron chi connectivity index (χ3n) is 4.42. The van der Waals surface area contributed by atoms with Crippen LogP contribution in [0.25, 0.3) is 5.69 Å². The molecule has 3 aromatic rings. The SMILES string of the molecule is O=C(O)NC1Cc2cc(Oc3cccc(C(F)(F)F)c3)ccc2-n2c1n[nH]c2=O. The predicted octanol–water partition coefficient (Wildman–Crippen LogP) is 3.24. The van der Waals surface area contributed by atoms with Crippen molar-refractivity contribution in [3.05, 3.63) is 69.9 Å². The number of halogens is 3. The smallest absolute Gasteiger partial charge is 0.416 e. The number of aromatic amines is 1. The summed E-state index contributed by atoms with van der Waals surface area (Å²) >= 11 is 0. The number of rotatable bonds is 3. The van der Waals surface area contributed by atoms with Crippen molar-refractivity contribution in [2.45, 2.75) is 18.6 Å². The van der Waals surface area contributed by atoms with Gasteiger partial charge >= 0.3 is 18.0 Å². The lowest BCUT2D eigenvalue weighted by Crippen LogP contribution is -2.35. The van der Waals surface area contributed by atoms with E-state index in [4.69, 9.17) is 9.84 Å². The van der Waals surface area contributed by atoms with Gasteiger partial charge in [0, 0.05) is 6.42 Å². The Morgan fingerprint density at radius 3 is 2.72 bits per heavy atom. The molecule has 0 spiro atoms. The first kappa shape index (κ1) is 18.6. The van der Waals surface area contributed by atoms with Crippen LogP contribution in [-0.4, -0.2) is 26.0 Å². The second-order valence-corrected chi connectivity index (χ2v) is 6.35. The average Bonchev–Trinajstić information content (AvgIpc) is 3.03. The summed E-state index contributed by atoms with van der Waals surface area (Å²) in [6.07, 6.45) is -5.59. The van der Waals surface area contributed by atoms with Crippen LogP contribution < -0.4 is 15.7 Å².